The highest BCUT2D eigenvalue weighted by Crippen LogP contribution is 2.19. The monoisotopic (exact) mass is 313 g/mol. The minimum atomic E-state index is -0.00890. The molecule has 1 aromatic heterocycles. The van der Waals surface area contributed by atoms with Gasteiger partial charge in [0.1, 0.15) is 0 Å². The third-order valence-electron chi connectivity index (χ3n) is 4.35. The predicted octanol–water partition coefficient (Wildman–Crippen LogP) is 1.86. The molecule has 1 fully saturated rings. The van der Waals surface area contributed by atoms with Gasteiger partial charge in [-0.05, 0) is 25.0 Å². The van der Waals surface area contributed by atoms with Crippen molar-refractivity contribution in [2.75, 3.05) is 30.4 Å². The standard InChI is InChI=1S/C17H23N5O/c1-18-15-6-4-3-5-14(15)16(23)20-13-7-10-22(11-8-13)17-19-9-12-21(17)2/h3-6,9,12-13,18H,7-8,10-11H2,1-2H3,(H,20,23). The predicted molar refractivity (Wildman–Crippen MR) is 91.9 cm³/mol. The number of carbonyl (C=O) groups excluding carboxylic acids is 1. The van der Waals surface area contributed by atoms with Crippen LogP contribution in [0.2, 0.25) is 0 Å². The van der Waals surface area contributed by atoms with Crippen LogP contribution in [0.5, 0.6) is 0 Å². The Morgan fingerprint density at radius 2 is 2.00 bits per heavy atom. The van der Waals surface area contributed by atoms with E-state index in [9.17, 15) is 4.79 Å². The van der Waals surface area contributed by atoms with Crippen molar-refractivity contribution in [3.63, 3.8) is 0 Å². The second-order valence-electron chi connectivity index (χ2n) is 5.87. The highest BCUT2D eigenvalue weighted by atomic mass is 16.1. The van der Waals surface area contributed by atoms with Crippen LogP contribution in [0.15, 0.2) is 36.7 Å². The number of anilines is 2. The lowest BCUT2D eigenvalue weighted by Gasteiger charge is -2.33. The summed E-state index contributed by atoms with van der Waals surface area (Å²) in [5.74, 6) is 0.987. The molecule has 0 atom stereocenters. The van der Waals surface area contributed by atoms with E-state index in [1.165, 1.54) is 0 Å². The molecular weight excluding hydrogens is 290 g/mol. The highest BCUT2D eigenvalue weighted by molar-refractivity contribution is 5.99. The molecule has 1 aromatic carbocycles. The smallest absolute Gasteiger partial charge is 0.253 e. The molecule has 122 valence electrons. The molecular formula is C17H23N5O. The number of imidazole rings is 1. The Balaban J connectivity index is 1.58. The topological polar surface area (TPSA) is 62.2 Å². The van der Waals surface area contributed by atoms with Gasteiger partial charge in [0.15, 0.2) is 0 Å². The number of nitrogens with zero attached hydrogens (tertiary/aromatic N) is 3. The number of hydrogen-bond donors (Lipinski definition) is 2. The van der Waals surface area contributed by atoms with Crippen molar-refractivity contribution in [3.8, 4) is 0 Å². The Morgan fingerprint density at radius 3 is 2.65 bits per heavy atom. The van der Waals surface area contributed by atoms with Crippen molar-refractivity contribution < 1.29 is 4.79 Å². The molecule has 6 heteroatoms. The van der Waals surface area contributed by atoms with Crippen molar-refractivity contribution in [3.05, 3.63) is 42.2 Å². The number of benzene rings is 1. The van der Waals surface area contributed by atoms with Crippen LogP contribution in [0, 0.1) is 0 Å². The summed E-state index contributed by atoms with van der Waals surface area (Å²) in [5.41, 5.74) is 1.55. The normalized spacial score (nSPS) is 15.5. The van der Waals surface area contributed by atoms with Crippen molar-refractivity contribution in [1.29, 1.82) is 0 Å². The molecule has 2 heterocycles. The van der Waals surface area contributed by atoms with E-state index in [0.29, 0.717) is 5.56 Å². The van der Waals surface area contributed by atoms with Crippen LogP contribution in [0.3, 0.4) is 0 Å². The number of rotatable bonds is 4. The van der Waals surface area contributed by atoms with E-state index in [1.807, 2.05) is 55.3 Å². The average Bonchev–Trinajstić information content (AvgIpc) is 3.01. The quantitative estimate of drug-likeness (QED) is 0.904. The Labute approximate surface area is 136 Å². The molecule has 0 spiro atoms. The molecule has 0 aliphatic carbocycles. The van der Waals surface area contributed by atoms with Gasteiger partial charge in [-0.25, -0.2) is 4.98 Å². The summed E-state index contributed by atoms with van der Waals surface area (Å²) >= 11 is 0. The summed E-state index contributed by atoms with van der Waals surface area (Å²) in [6.45, 7) is 1.81. The molecule has 1 saturated heterocycles. The number of para-hydroxylation sites is 1. The van der Waals surface area contributed by atoms with E-state index >= 15 is 0 Å². The van der Waals surface area contributed by atoms with Gasteiger partial charge in [0.25, 0.3) is 5.91 Å². The second-order valence-corrected chi connectivity index (χ2v) is 5.87. The third-order valence-corrected chi connectivity index (χ3v) is 4.35. The van der Waals surface area contributed by atoms with Crippen molar-refractivity contribution in [2.24, 2.45) is 7.05 Å². The first-order valence-electron chi connectivity index (χ1n) is 7.99. The van der Waals surface area contributed by atoms with E-state index < -0.39 is 0 Å². The van der Waals surface area contributed by atoms with Crippen LogP contribution in [0.25, 0.3) is 0 Å². The summed E-state index contributed by atoms with van der Waals surface area (Å²) in [6, 6.07) is 7.79. The van der Waals surface area contributed by atoms with E-state index in [1.54, 1.807) is 0 Å². The van der Waals surface area contributed by atoms with Gasteiger partial charge in [0.05, 0.1) is 5.56 Å². The summed E-state index contributed by atoms with van der Waals surface area (Å²) in [4.78, 5) is 19.1. The molecule has 0 radical (unpaired) electrons. The second kappa shape index (κ2) is 6.73. The summed E-state index contributed by atoms with van der Waals surface area (Å²) in [7, 11) is 3.84. The molecule has 6 nitrogen and oxygen atoms in total. The lowest BCUT2D eigenvalue weighted by molar-refractivity contribution is 0.0932. The Morgan fingerprint density at radius 1 is 1.26 bits per heavy atom. The van der Waals surface area contributed by atoms with Gasteiger partial charge in [0.2, 0.25) is 5.95 Å². The third kappa shape index (κ3) is 3.31. The highest BCUT2D eigenvalue weighted by Gasteiger charge is 2.23. The number of amides is 1. The van der Waals surface area contributed by atoms with Gasteiger partial charge in [-0.15, -0.1) is 0 Å². The number of nitrogens with one attached hydrogen (secondary N) is 2. The van der Waals surface area contributed by atoms with Gasteiger partial charge < -0.3 is 20.1 Å². The zero-order valence-electron chi connectivity index (χ0n) is 13.6. The maximum absolute atomic E-state index is 12.5. The first kappa shape index (κ1) is 15.4. The zero-order valence-corrected chi connectivity index (χ0v) is 13.6. The Kier molecular flexibility index (Phi) is 4.50. The number of aryl methyl sites for hydroxylation is 1. The van der Waals surface area contributed by atoms with Crippen LogP contribution >= 0.6 is 0 Å². The summed E-state index contributed by atoms with van der Waals surface area (Å²) in [5, 5.41) is 6.22. The zero-order chi connectivity index (χ0) is 16.2. The van der Waals surface area contributed by atoms with Crippen molar-refractivity contribution >= 4 is 17.5 Å². The molecule has 1 aliphatic heterocycles. The molecule has 0 bridgehead atoms. The molecule has 3 rings (SSSR count). The maximum Gasteiger partial charge on any atom is 0.253 e. The lowest BCUT2D eigenvalue weighted by atomic mass is 10.0. The fourth-order valence-electron chi connectivity index (χ4n) is 3.05. The van der Waals surface area contributed by atoms with Crippen LogP contribution in [0.1, 0.15) is 23.2 Å². The fraction of sp³-hybridized carbons (Fsp3) is 0.412. The van der Waals surface area contributed by atoms with Gasteiger partial charge >= 0.3 is 0 Å². The maximum atomic E-state index is 12.5. The number of aromatic nitrogens is 2. The number of piperidine rings is 1. The van der Waals surface area contributed by atoms with Crippen molar-refractivity contribution in [1.82, 2.24) is 14.9 Å². The minimum Gasteiger partial charge on any atom is -0.387 e. The first-order chi connectivity index (χ1) is 11.2. The van der Waals surface area contributed by atoms with Crippen LogP contribution in [-0.4, -0.2) is 41.6 Å². The van der Waals surface area contributed by atoms with Crippen LogP contribution < -0.4 is 15.5 Å². The molecule has 2 aromatic rings. The molecule has 2 N–H and O–H groups in total. The largest absolute Gasteiger partial charge is 0.387 e. The number of hydrogen-bond acceptors (Lipinski definition) is 4. The summed E-state index contributed by atoms with van der Waals surface area (Å²) in [6.07, 6.45) is 5.64. The van der Waals surface area contributed by atoms with E-state index in [-0.39, 0.29) is 11.9 Å². The molecule has 1 amide bonds. The molecule has 1 aliphatic rings. The van der Waals surface area contributed by atoms with Gasteiger partial charge in [-0.2, -0.15) is 0 Å². The Hall–Kier alpha value is -2.50. The number of carbonyl (C=O) groups is 1. The van der Waals surface area contributed by atoms with Crippen LogP contribution in [-0.2, 0) is 7.05 Å². The van der Waals surface area contributed by atoms with Gasteiger partial charge in [-0.1, -0.05) is 12.1 Å². The summed E-state index contributed by atoms with van der Waals surface area (Å²) < 4.78 is 2.03. The van der Waals surface area contributed by atoms with Crippen LogP contribution in [0.4, 0.5) is 11.6 Å². The van der Waals surface area contributed by atoms with Crippen molar-refractivity contribution in [2.45, 2.75) is 18.9 Å². The average molecular weight is 313 g/mol. The van der Waals surface area contributed by atoms with E-state index in [4.69, 9.17) is 0 Å². The van der Waals surface area contributed by atoms with Gasteiger partial charge in [-0.3, -0.25) is 4.79 Å². The Bertz CT molecular complexity index is 673. The van der Waals surface area contributed by atoms with E-state index in [0.717, 1.165) is 37.6 Å². The fourth-order valence-corrected chi connectivity index (χ4v) is 3.05. The molecule has 0 saturated carbocycles. The minimum absolute atomic E-state index is 0.00890. The lowest BCUT2D eigenvalue weighted by Crippen LogP contribution is -2.45. The van der Waals surface area contributed by atoms with Gasteiger partial charge in [0, 0.05) is 51.3 Å². The molecule has 23 heavy (non-hydrogen) atoms. The SMILES string of the molecule is CNc1ccccc1C(=O)NC1CCN(c2nccn2C)CC1. The first-order valence-corrected chi connectivity index (χ1v) is 7.99. The van der Waals surface area contributed by atoms with E-state index in [2.05, 4.69) is 20.5 Å². The molecule has 0 unspecified atom stereocenters.